The molecule has 2 aromatic rings. The highest BCUT2D eigenvalue weighted by Gasteiger charge is 2.26. The van der Waals surface area contributed by atoms with Crippen LogP contribution in [0.15, 0.2) is 36.4 Å². The lowest BCUT2D eigenvalue weighted by Gasteiger charge is -2.35. The Kier molecular flexibility index (Phi) is 6.06. The fraction of sp³-hybridized carbons (Fsp3) is 0.400. The van der Waals surface area contributed by atoms with Crippen molar-refractivity contribution >= 4 is 23.2 Å². The van der Waals surface area contributed by atoms with E-state index in [1.165, 1.54) is 11.3 Å². The van der Waals surface area contributed by atoms with Gasteiger partial charge in [-0.05, 0) is 56.0 Å². The topological polar surface area (TPSA) is 72.6 Å². The van der Waals surface area contributed by atoms with Crippen molar-refractivity contribution in [3.8, 4) is 10.4 Å². The van der Waals surface area contributed by atoms with Crippen LogP contribution in [0, 0.1) is 0 Å². The fourth-order valence-electron chi connectivity index (χ4n) is 3.29. The number of esters is 1. The molecule has 5 nitrogen and oxygen atoms in total. The second-order valence-electron chi connectivity index (χ2n) is 6.35. The van der Waals surface area contributed by atoms with Crippen LogP contribution in [0.25, 0.3) is 10.4 Å². The van der Waals surface area contributed by atoms with Gasteiger partial charge in [0.25, 0.3) is 5.91 Å². The van der Waals surface area contributed by atoms with Gasteiger partial charge in [0.1, 0.15) is 4.88 Å². The van der Waals surface area contributed by atoms with Gasteiger partial charge < -0.3 is 15.4 Å². The lowest BCUT2D eigenvalue weighted by Crippen LogP contribution is -2.47. The minimum absolute atomic E-state index is 0.0316. The van der Waals surface area contributed by atoms with Gasteiger partial charge >= 0.3 is 5.97 Å². The molecule has 0 spiro atoms. The molecular weight excluding hydrogens is 348 g/mol. The molecule has 1 atom stereocenters. The molecular formula is C20H24N2O3S. The van der Waals surface area contributed by atoms with Crippen molar-refractivity contribution < 1.29 is 14.3 Å². The van der Waals surface area contributed by atoms with Crippen molar-refractivity contribution in [1.29, 1.82) is 0 Å². The third-order valence-electron chi connectivity index (χ3n) is 4.64. The summed E-state index contributed by atoms with van der Waals surface area (Å²) in [6.45, 7) is 3.40. The summed E-state index contributed by atoms with van der Waals surface area (Å²) in [5.74, 6) is -0.278. The highest BCUT2D eigenvalue weighted by Crippen LogP contribution is 2.30. The number of carbonyl (C=O) groups is 2. The molecule has 0 aliphatic carbocycles. The van der Waals surface area contributed by atoms with E-state index in [1.807, 2.05) is 35.2 Å². The Morgan fingerprint density at radius 3 is 2.88 bits per heavy atom. The van der Waals surface area contributed by atoms with E-state index in [0.29, 0.717) is 23.6 Å². The standard InChI is InChI=1S/C20H24N2O3S/c1-2-25-20(24)18-10-9-17(26-18)14-6-5-7-15(12-14)19(23)22-11-4-3-8-16(22)13-21/h5-7,9-10,12,16H,2-4,8,11,13,21H2,1H3/t16-/m1/s1. The van der Waals surface area contributed by atoms with Crippen molar-refractivity contribution in [2.75, 3.05) is 19.7 Å². The zero-order chi connectivity index (χ0) is 18.5. The van der Waals surface area contributed by atoms with Crippen LogP contribution < -0.4 is 5.73 Å². The molecule has 0 radical (unpaired) electrons. The van der Waals surface area contributed by atoms with Gasteiger partial charge in [0.15, 0.2) is 0 Å². The van der Waals surface area contributed by atoms with Crippen molar-refractivity contribution in [1.82, 2.24) is 4.90 Å². The molecule has 2 heterocycles. The second-order valence-corrected chi connectivity index (χ2v) is 7.43. The van der Waals surface area contributed by atoms with E-state index < -0.39 is 0 Å². The Morgan fingerprint density at radius 1 is 1.27 bits per heavy atom. The number of amides is 1. The van der Waals surface area contributed by atoms with Crippen LogP contribution in [0.2, 0.25) is 0 Å². The maximum absolute atomic E-state index is 13.0. The van der Waals surface area contributed by atoms with Gasteiger partial charge in [-0.3, -0.25) is 4.79 Å². The SMILES string of the molecule is CCOC(=O)c1ccc(-c2cccc(C(=O)N3CCCC[C@@H]3CN)c2)s1. The summed E-state index contributed by atoms with van der Waals surface area (Å²) >= 11 is 1.38. The molecule has 1 aliphatic rings. The maximum Gasteiger partial charge on any atom is 0.348 e. The Labute approximate surface area is 157 Å². The third kappa shape index (κ3) is 3.97. The number of rotatable bonds is 5. The largest absolute Gasteiger partial charge is 0.462 e. The molecule has 0 bridgehead atoms. The molecule has 1 saturated heterocycles. The van der Waals surface area contributed by atoms with Crippen molar-refractivity contribution in [2.45, 2.75) is 32.2 Å². The normalized spacial score (nSPS) is 17.2. The van der Waals surface area contributed by atoms with Crippen LogP contribution in [-0.2, 0) is 4.74 Å². The summed E-state index contributed by atoms with van der Waals surface area (Å²) in [7, 11) is 0. The molecule has 0 saturated carbocycles. The lowest BCUT2D eigenvalue weighted by atomic mass is 10.00. The summed E-state index contributed by atoms with van der Waals surface area (Å²) < 4.78 is 5.04. The number of benzene rings is 1. The van der Waals surface area contributed by atoms with Gasteiger partial charge in [-0.25, -0.2) is 4.79 Å². The van der Waals surface area contributed by atoms with Crippen molar-refractivity contribution in [3.05, 3.63) is 46.8 Å². The van der Waals surface area contributed by atoms with Gasteiger partial charge in [-0.1, -0.05) is 12.1 Å². The third-order valence-corrected chi connectivity index (χ3v) is 5.75. The highest BCUT2D eigenvalue weighted by atomic mass is 32.1. The fourth-order valence-corrected chi connectivity index (χ4v) is 4.19. The molecule has 0 unspecified atom stereocenters. The van der Waals surface area contributed by atoms with Crippen LogP contribution in [0.4, 0.5) is 0 Å². The Bertz CT molecular complexity index is 787. The van der Waals surface area contributed by atoms with Gasteiger partial charge in [0, 0.05) is 29.6 Å². The smallest absolute Gasteiger partial charge is 0.348 e. The minimum atomic E-state index is -0.310. The molecule has 1 aromatic carbocycles. The summed E-state index contributed by atoms with van der Waals surface area (Å²) in [4.78, 5) is 28.2. The molecule has 3 rings (SSSR count). The van der Waals surface area contributed by atoms with Crippen molar-refractivity contribution in [2.24, 2.45) is 5.73 Å². The number of nitrogens with two attached hydrogens (primary N) is 1. The first-order valence-corrected chi connectivity index (χ1v) is 9.84. The van der Waals surface area contributed by atoms with E-state index >= 15 is 0 Å². The minimum Gasteiger partial charge on any atom is -0.462 e. The van der Waals surface area contributed by atoms with Crippen molar-refractivity contribution in [3.63, 3.8) is 0 Å². The molecule has 1 fully saturated rings. The summed E-state index contributed by atoms with van der Waals surface area (Å²) in [5, 5.41) is 0. The quantitative estimate of drug-likeness (QED) is 0.815. The zero-order valence-electron chi connectivity index (χ0n) is 14.9. The zero-order valence-corrected chi connectivity index (χ0v) is 15.8. The Hall–Kier alpha value is -2.18. The molecule has 26 heavy (non-hydrogen) atoms. The van der Waals surface area contributed by atoms with E-state index in [0.717, 1.165) is 36.2 Å². The first kappa shape index (κ1) is 18.6. The number of piperidine rings is 1. The van der Waals surface area contributed by atoms with Gasteiger partial charge in [-0.2, -0.15) is 0 Å². The predicted molar refractivity (Wildman–Crippen MR) is 103 cm³/mol. The molecule has 138 valence electrons. The van der Waals surface area contributed by atoms with Crippen LogP contribution in [0.1, 0.15) is 46.2 Å². The van der Waals surface area contributed by atoms with E-state index in [1.54, 1.807) is 13.0 Å². The van der Waals surface area contributed by atoms with Gasteiger partial charge in [0.2, 0.25) is 0 Å². The number of thiophene rings is 1. The number of carbonyl (C=O) groups excluding carboxylic acids is 2. The van der Waals surface area contributed by atoms with E-state index in [-0.39, 0.29) is 17.9 Å². The maximum atomic E-state index is 13.0. The van der Waals surface area contributed by atoms with Crippen LogP contribution in [0.5, 0.6) is 0 Å². The number of likely N-dealkylation sites (tertiary alicyclic amines) is 1. The Morgan fingerprint density at radius 2 is 2.12 bits per heavy atom. The average Bonchev–Trinajstić information content (AvgIpc) is 3.18. The highest BCUT2D eigenvalue weighted by molar-refractivity contribution is 7.17. The number of hydrogen-bond donors (Lipinski definition) is 1. The molecule has 1 aliphatic heterocycles. The first-order valence-electron chi connectivity index (χ1n) is 9.02. The molecule has 6 heteroatoms. The van der Waals surface area contributed by atoms with E-state index in [4.69, 9.17) is 10.5 Å². The van der Waals surface area contributed by atoms with E-state index in [2.05, 4.69) is 0 Å². The molecule has 2 N–H and O–H groups in total. The summed E-state index contributed by atoms with van der Waals surface area (Å²) in [5.41, 5.74) is 7.44. The van der Waals surface area contributed by atoms with E-state index in [9.17, 15) is 9.59 Å². The number of ether oxygens (including phenoxy) is 1. The second kappa shape index (κ2) is 8.47. The number of nitrogens with zero attached hydrogens (tertiary/aromatic N) is 1. The summed E-state index contributed by atoms with van der Waals surface area (Å²) in [6, 6.07) is 11.4. The lowest BCUT2D eigenvalue weighted by molar-refractivity contribution is 0.0531. The van der Waals surface area contributed by atoms with Gasteiger partial charge in [0.05, 0.1) is 6.61 Å². The molecule has 1 aromatic heterocycles. The summed E-state index contributed by atoms with van der Waals surface area (Å²) in [6.07, 6.45) is 3.11. The van der Waals surface area contributed by atoms with Crippen LogP contribution in [0.3, 0.4) is 0 Å². The average molecular weight is 372 g/mol. The van der Waals surface area contributed by atoms with Crippen LogP contribution >= 0.6 is 11.3 Å². The number of hydrogen-bond acceptors (Lipinski definition) is 5. The van der Waals surface area contributed by atoms with Gasteiger partial charge in [-0.15, -0.1) is 11.3 Å². The monoisotopic (exact) mass is 372 g/mol. The Balaban J connectivity index is 1.82. The molecule has 1 amide bonds. The first-order chi connectivity index (χ1) is 12.6. The van der Waals surface area contributed by atoms with Crippen LogP contribution in [-0.4, -0.2) is 42.5 Å². The predicted octanol–water partition coefficient (Wildman–Crippen LogP) is 3.55.